The zero-order valence-corrected chi connectivity index (χ0v) is 11.8. The number of benzene rings is 2. The molecule has 20 heavy (non-hydrogen) atoms. The Hall–Kier alpha value is -2.34. The molecule has 0 saturated heterocycles. The number of nitrogen functional groups attached to an aromatic ring is 1. The molecule has 1 aromatic heterocycles. The largest absolute Gasteiger partial charge is 0.508 e. The van der Waals surface area contributed by atoms with E-state index < -0.39 is 0 Å². The van der Waals surface area contributed by atoms with Gasteiger partial charge in [-0.3, -0.25) is 0 Å². The Bertz CT molecular complexity index is 771. The van der Waals surface area contributed by atoms with Gasteiger partial charge < -0.3 is 15.4 Å². The third-order valence-corrected chi connectivity index (χ3v) is 3.27. The van der Waals surface area contributed by atoms with Gasteiger partial charge in [-0.1, -0.05) is 33.2 Å². The van der Waals surface area contributed by atoms with E-state index in [4.69, 9.17) is 10.3 Å². The molecule has 0 radical (unpaired) electrons. The van der Waals surface area contributed by atoms with Gasteiger partial charge in [0.1, 0.15) is 5.75 Å². The van der Waals surface area contributed by atoms with Crippen LogP contribution in [-0.2, 0) is 0 Å². The number of hydrogen-bond donors (Lipinski definition) is 2. The van der Waals surface area contributed by atoms with E-state index in [1.807, 2.05) is 6.07 Å². The quantitative estimate of drug-likeness (QED) is 0.702. The van der Waals surface area contributed by atoms with Gasteiger partial charge in [-0.25, -0.2) is 0 Å². The van der Waals surface area contributed by atoms with Gasteiger partial charge in [0.2, 0.25) is 5.82 Å². The Labute approximate surface area is 123 Å². The molecule has 5 nitrogen and oxygen atoms in total. The summed E-state index contributed by atoms with van der Waals surface area (Å²) in [6.45, 7) is 0. The lowest BCUT2D eigenvalue weighted by atomic mass is 10.2. The Morgan fingerprint density at radius 3 is 2.75 bits per heavy atom. The average Bonchev–Trinajstić information content (AvgIpc) is 2.88. The first-order valence-corrected chi connectivity index (χ1v) is 6.61. The molecule has 3 rings (SSSR count). The monoisotopic (exact) mass is 331 g/mol. The van der Waals surface area contributed by atoms with Crippen LogP contribution in [0.2, 0.25) is 0 Å². The van der Waals surface area contributed by atoms with Crippen LogP contribution in [0.15, 0.2) is 51.5 Å². The number of nitrogens with two attached hydrogens (primary N) is 1. The van der Waals surface area contributed by atoms with E-state index in [2.05, 4.69) is 26.1 Å². The lowest BCUT2D eigenvalue weighted by molar-refractivity contribution is 0.432. The van der Waals surface area contributed by atoms with Crippen LogP contribution in [0, 0.1) is 0 Å². The van der Waals surface area contributed by atoms with Crippen molar-refractivity contribution in [3.63, 3.8) is 0 Å². The number of halogens is 1. The van der Waals surface area contributed by atoms with Gasteiger partial charge in [-0.15, -0.1) is 0 Å². The molecule has 0 saturated carbocycles. The maximum Gasteiger partial charge on any atom is 0.260 e. The van der Waals surface area contributed by atoms with Crippen molar-refractivity contribution in [3.8, 4) is 28.6 Å². The summed E-state index contributed by atoms with van der Waals surface area (Å²) in [7, 11) is 0. The molecular weight excluding hydrogens is 322 g/mol. The second kappa shape index (κ2) is 4.97. The van der Waals surface area contributed by atoms with Crippen LogP contribution < -0.4 is 5.73 Å². The molecule has 2 aromatic carbocycles. The van der Waals surface area contributed by atoms with Crippen molar-refractivity contribution in [2.24, 2.45) is 0 Å². The molecule has 0 fully saturated rings. The third-order valence-electron chi connectivity index (χ3n) is 2.77. The minimum absolute atomic E-state index is 0.150. The zero-order chi connectivity index (χ0) is 14.1. The summed E-state index contributed by atoms with van der Waals surface area (Å²) in [5.41, 5.74) is 7.82. The lowest BCUT2D eigenvalue weighted by Crippen LogP contribution is -1.90. The predicted molar refractivity (Wildman–Crippen MR) is 78.9 cm³/mol. The van der Waals surface area contributed by atoms with E-state index in [0.29, 0.717) is 28.5 Å². The highest BCUT2D eigenvalue weighted by Crippen LogP contribution is 2.29. The molecule has 6 heteroatoms. The number of phenols is 1. The minimum atomic E-state index is 0.150. The SMILES string of the molecule is Nc1cc(Br)ccc1-c1nc(-c2cccc(O)c2)no1. The van der Waals surface area contributed by atoms with Crippen LogP contribution in [0.4, 0.5) is 5.69 Å². The fraction of sp³-hybridized carbons (Fsp3) is 0. The summed E-state index contributed by atoms with van der Waals surface area (Å²) < 4.78 is 6.11. The van der Waals surface area contributed by atoms with Crippen molar-refractivity contribution in [1.29, 1.82) is 0 Å². The van der Waals surface area contributed by atoms with Crippen molar-refractivity contribution < 1.29 is 9.63 Å². The van der Waals surface area contributed by atoms with E-state index in [0.717, 1.165) is 4.47 Å². The van der Waals surface area contributed by atoms with Crippen molar-refractivity contribution in [3.05, 3.63) is 46.9 Å². The molecule has 0 spiro atoms. The van der Waals surface area contributed by atoms with Crippen molar-refractivity contribution in [1.82, 2.24) is 10.1 Å². The van der Waals surface area contributed by atoms with Crippen LogP contribution >= 0.6 is 15.9 Å². The first kappa shape index (κ1) is 12.7. The summed E-state index contributed by atoms with van der Waals surface area (Å²) in [5, 5.41) is 13.4. The highest BCUT2D eigenvalue weighted by molar-refractivity contribution is 9.10. The van der Waals surface area contributed by atoms with Gasteiger partial charge in [0.05, 0.1) is 5.56 Å². The zero-order valence-electron chi connectivity index (χ0n) is 10.2. The highest BCUT2D eigenvalue weighted by Gasteiger charge is 2.13. The highest BCUT2D eigenvalue weighted by atomic mass is 79.9. The Balaban J connectivity index is 2.02. The van der Waals surface area contributed by atoms with Crippen LogP contribution in [0.1, 0.15) is 0 Å². The van der Waals surface area contributed by atoms with Gasteiger partial charge in [-0.2, -0.15) is 4.98 Å². The molecular formula is C14H10BrN3O2. The Kier molecular flexibility index (Phi) is 3.15. The second-order valence-electron chi connectivity index (χ2n) is 4.21. The van der Waals surface area contributed by atoms with Crippen LogP contribution in [0.25, 0.3) is 22.8 Å². The lowest BCUT2D eigenvalue weighted by Gasteiger charge is -2.00. The van der Waals surface area contributed by atoms with Crippen molar-refractivity contribution in [2.75, 3.05) is 5.73 Å². The van der Waals surface area contributed by atoms with Crippen LogP contribution in [0.5, 0.6) is 5.75 Å². The standard InChI is InChI=1S/C14H10BrN3O2/c15-9-4-5-11(12(16)7-9)14-17-13(18-20-14)8-2-1-3-10(19)6-8/h1-7,19H,16H2. The summed E-state index contributed by atoms with van der Waals surface area (Å²) in [6, 6.07) is 12.1. The van der Waals surface area contributed by atoms with E-state index in [1.165, 1.54) is 0 Å². The van der Waals surface area contributed by atoms with Gasteiger partial charge in [0.25, 0.3) is 5.89 Å². The van der Waals surface area contributed by atoms with Gasteiger partial charge in [0.15, 0.2) is 0 Å². The fourth-order valence-corrected chi connectivity index (χ4v) is 2.20. The first-order valence-electron chi connectivity index (χ1n) is 5.82. The van der Waals surface area contributed by atoms with Crippen LogP contribution in [0.3, 0.4) is 0 Å². The minimum Gasteiger partial charge on any atom is -0.508 e. The Morgan fingerprint density at radius 2 is 2.00 bits per heavy atom. The molecule has 1 heterocycles. The molecule has 0 bridgehead atoms. The molecule has 0 aliphatic carbocycles. The first-order chi connectivity index (χ1) is 9.63. The summed E-state index contributed by atoms with van der Waals surface area (Å²) in [4.78, 5) is 4.30. The summed E-state index contributed by atoms with van der Waals surface area (Å²) in [6.07, 6.45) is 0. The number of aromatic nitrogens is 2. The molecule has 3 aromatic rings. The topological polar surface area (TPSA) is 85.2 Å². The third kappa shape index (κ3) is 2.37. The molecule has 0 amide bonds. The van der Waals surface area contributed by atoms with Crippen molar-refractivity contribution >= 4 is 21.6 Å². The number of anilines is 1. The Morgan fingerprint density at radius 1 is 1.15 bits per heavy atom. The molecule has 0 unspecified atom stereocenters. The maximum absolute atomic E-state index is 9.46. The normalized spacial score (nSPS) is 10.7. The molecule has 0 atom stereocenters. The smallest absolute Gasteiger partial charge is 0.260 e. The molecule has 3 N–H and O–H groups in total. The van der Waals surface area contributed by atoms with Crippen LogP contribution in [-0.4, -0.2) is 15.2 Å². The van der Waals surface area contributed by atoms with E-state index >= 15 is 0 Å². The van der Waals surface area contributed by atoms with Gasteiger partial charge in [0, 0.05) is 15.7 Å². The molecule has 0 aliphatic rings. The maximum atomic E-state index is 9.46. The molecule has 100 valence electrons. The second-order valence-corrected chi connectivity index (χ2v) is 5.12. The van der Waals surface area contributed by atoms with E-state index in [-0.39, 0.29) is 5.75 Å². The number of nitrogens with zero attached hydrogens (tertiary/aromatic N) is 2. The fourth-order valence-electron chi connectivity index (χ4n) is 1.82. The number of hydrogen-bond acceptors (Lipinski definition) is 5. The predicted octanol–water partition coefficient (Wildman–Crippen LogP) is 3.45. The summed E-state index contributed by atoms with van der Waals surface area (Å²) >= 11 is 3.34. The van der Waals surface area contributed by atoms with E-state index in [9.17, 15) is 5.11 Å². The summed E-state index contributed by atoms with van der Waals surface area (Å²) in [5.74, 6) is 0.892. The van der Waals surface area contributed by atoms with E-state index in [1.54, 1.807) is 36.4 Å². The van der Waals surface area contributed by atoms with Gasteiger partial charge in [-0.05, 0) is 30.3 Å². The molecule has 0 aliphatic heterocycles. The van der Waals surface area contributed by atoms with Gasteiger partial charge >= 0.3 is 0 Å². The average molecular weight is 332 g/mol. The number of aromatic hydroxyl groups is 1. The number of phenolic OH excluding ortho intramolecular Hbond substituents is 1. The number of rotatable bonds is 2. The van der Waals surface area contributed by atoms with Crippen molar-refractivity contribution in [2.45, 2.75) is 0 Å².